The summed E-state index contributed by atoms with van der Waals surface area (Å²) in [4.78, 5) is 11.6. The van der Waals surface area contributed by atoms with E-state index in [1.807, 2.05) is 13.0 Å². The van der Waals surface area contributed by atoms with Gasteiger partial charge in [0, 0.05) is 17.4 Å². The fraction of sp³-hybridized carbons (Fsp3) is 0.562. The molecule has 2 aliphatic rings. The largest absolute Gasteiger partial charge is 0.466 e. The molecule has 2 rings (SSSR count). The first-order valence-corrected chi connectivity index (χ1v) is 6.83. The number of esters is 1. The number of hydrogen-bond acceptors (Lipinski definition) is 4. The summed E-state index contributed by atoms with van der Waals surface area (Å²) in [5.41, 5.74) is 0.659. The highest BCUT2D eigenvalue weighted by molar-refractivity contribution is 5.88. The number of carbonyl (C=O) groups is 1. The van der Waals surface area contributed by atoms with Crippen LogP contribution in [0.1, 0.15) is 19.8 Å². The van der Waals surface area contributed by atoms with E-state index in [1.54, 1.807) is 6.08 Å². The van der Waals surface area contributed by atoms with Gasteiger partial charge in [0.1, 0.15) is 0 Å². The Hall–Kier alpha value is -1.39. The predicted octanol–water partition coefficient (Wildman–Crippen LogP) is 1.60. The lowest BCUT2D eigenvalue weighted by Crippen LogP contribution is -2.49. The van der Waals surface area contributed by atoms with E-state index in [0.717, 1.165) is 6.42 Å². The monoisotopic (exact) mass is 278 g/mol. The van der Waals surface area contributed by atoms with Crippen LogP contribution in [0.2, 0.25) is 0 Å². The van der Waals surface area contributed by atoms with Crippen LogP contribution in [0.15, 0.2) is 36.5 Å². The van der Waals surface area contributed by atoms with Gasteiger partial charge in [-0.05, 0) is 23.8 Å². The lowest BCUT2D eigenvalue weighted by Gasteiger charge is -2.50. The Kier molecular flexibility index (Phi) is 3.89. The van der Waals surface area contributed by atoms with Gasteiger partial charge in [-0.1, -0.05) is 32.2 Å². The molecule has 1 saturated carbocycles. The first-order chi connectivity index (χ1) is 9.31. The third-order valence-electron chi connectivity index (χ3n) is 4.79. The number of fused-ring (bicyclic) bond motifs is 1. The summed E-state index contributed by atoms with van der Waals surface area (Å²) in [5, 5.41) is 20.6. The van der Waals surface area contributed by atoms with Crippen LogP contribution in [-0.4, -0.2) is 35.5 Å². The van der Waals surface area contributed by atoms with E-state index in [4.69, 9.17) is 0 Å². The molecular formula is C16H22O4. The van der Waals surface area contributed by atoms with E-state index in [1.165, 1.54) is 7.11 Å². The summed E-state index contributed by atoms with van der Waals surface area (Å²) >= 11 is 0. The van der Waals surface area contributed by atoms with Crippen molar-refractivity contribution in [2.24, 2.45) is 17.3 Å². The van der Waals surface area contributed by atoms with Gasteiger partial charge in [0.05, 0.1) is 19.3 Å². The predicted molar refractivity (Wildman–Crippen MR) is 75.8 cm³/mol. The molecule has 2 aliphatic carbocycles. The number of aliphatic hydroxyl groups excluding tert-OH is 2. The minimum Gasteiger partial charge on any atom is -0.466 e. The zero-order chi connectivity index (χ0) is 15.1. The van der Waals surface area contributed by atoms with Crippen molar-refractivity contribution >= 4 is 5.97 Å². The van der Waals surface area contributed by atoms with E-state index in [2.05, 4.69) is 17.9 Å². The van der Waals surface area contributed by atoms with Crippen LogP contribution in [0.4, 0.5) is 0 Å². The smallest absolute Gasteiger partial charge is 0.333 e. The van der Waals surface area contributed by atoms with Crippen LogP contribution in [0.3, 0.4) is 0 Å². The summed E-state index contributed by atoms with van der Waals surface area (Å²) in [6.45, 7) is 9.73. The zero-order valence-corrected chi connectivity index (χ0v) is 12.0. The topological polar surface area (TPSA) is 66.8 Å². The van der Waals surface area contributed by atoms with Gasteiger partial charge in [-0.25, -0.2) is 4.79 Å². The first-order valence-electron chi connectivity index (χ1n) is 6.83. The molecule has 0 spiro atoms. The highest BCUT2D eigenvalue weighted by atomic mass is 16.5. The molecule has 0 unspecified atom stereocenters. The molecular weight excluding hydrogens is 256 g/mol. The number of hydrogen-bond donors (Lipinski definition) is 2. The van der Waals surface area contributed by atoms with Crippen molar-refractivity contribution in [2.45, 2.75) is 32.0 Å². The molecule has 110 valence electrons. The molecule has 0 aromatic heterocycles. The van der Waals surface area contributed by atoms with E-state index < -0.39 is 18.2 Å². The van der Waals surface area contributed by atoms with Crippen LogP contribution >= 0.6 is 0 Å². The second-order valence-corrected chi connectivity index (χ2v) is 6.01. The molecule has 1 fully saturated rings. The second-order valence-electron chi connectivity index (χ2n) is 6.01. The van der Waals surface area contributed by atoms with E-state index >= 15 is 0 Å². The maximum absolute atomic E-state index is 11.6. The second kappa shape index (κ2) is 5.19. The molecule has 0 aromatic rings. The van der Waals surface area contributed by atoms with E-state index in [-0.39, 0.29) is 17.3 Å². The summed E-state index contributed by atoms with van der Waals surface area (Å²) in [5.74, 6) is -1.12. The molecule has 4 heteroatoms. The van der Waals surface area contributed by atoms with Gasteiger partial charge in [0.2, 0.25) is 0 Å². The standard InChI is InChI=1S/C16H22O4/c1-9(15(19)20-4)11-5-7-16(3)8-6-12(17)10(2)13(16)14(11)18/h6,8,11-14,17-18H,1-2,5,7H2,3-4H3/t11-,12+,13+,14-,16-/m0/s1. The maximum Gasteiger partial charge on any atom is 0.333 e. The molecule has 0 radical (unpaired) electrons. The van der Waals surface area contributed by atoms with Crippen LogP contribution < -0.4 is 0 Å². The molecule has 0 amide bonds. The van der Waals surface area contributed by atoms with Crippen molar-refractivity contribution < 1.29 is 19.7 Å². The van der Waals surface area contributed by atoms with Crippen LogP contribution in [-0.2, 0) is 9.53 Å². The van der Waals surface area contributed by atoms with Gasteiger partial charge in [0.25, 0.3) is 0 Å². The zero-order valence-electron chi connectivity index (χ0n) is 12.0. The van der Waals surface area contributed by atoms with Gasteiger partial charge >= 0.3 is 5.97 Å². The minimum absolute atomic E-state index is 0.234. The average molecular weight is 278 g/mol. The van der Waals surface area contributed by atoms with Crippen LogP contribution in [0.25, 0.3) is 0 Å². The maximum atomic E-state index is 11.6. The molecule has 0 aromatic carbocycles. The normalized spacial score (nSPS) is 40.1. The molecule has 2 N–H and O–H groups in total. The lowest BCUT2D eigenvalue weighted by atomic mass is 9.57. The molecule has 0 aliphatic heterocycles. The average Bonchev–Trinajstić information content (AvgIpc) is 2.42. The van der Waals surface area contributed by atoms with E-state index in [0.29, 0.717) is 17.6 Å². The van der Waals surface area contributed by atoms with Crippen molar-refractivity contribution in [1.29, 1.82) is 0 Å². The SMILES string of the molecule is C=C1[C@H](O)C=C[C@]2(C)CC[C@@H](C(=C)C(=O)OC)[C@H](O)[C@@H]12. The fourth-order valence-corrected chi connectivity index (χ4v) is 3.53. The van der Waals surface area contributed by atoms with Gasteiger partial charge < -0.3 is 14.9 Å². The molecule has 0 saturated heterocycles. The Labute approximate surface area is 119 Å². The summed E-state index contributed by atoms with van der Waals surface area (Å²) in [6, 6.07) is 0. The van der Waals surface area contributed by atoms with Crippen molar-refractivity contribution in [3.8, 4) is 0 Å². The summed E-state index contributed by atoms with van der Waals surface area (Å²) in [7, 11) is 1.30. The van der Waals surface area contributed by atoms with Crippen molar-refractivity contribution in [2.75, 3.05) is 7.11 Å². The number of ether oxygens (including phenoxy) is 1. The summed E-state index contributed by atoms with van der Waals surface area (Å²) < 4.78 is 4.69. The lowest BCUT2D eigenvalue weighted by molar-refractivity contribution is -0.138. The Balaban J connectivity index is 2.30. The Morgan fingerprint density at radius 1 is 1.50 bits per heavy atom. The summed E-state index contributed by atoms with van der Waals surface area (Å²) in [6.07, 6.45) is 3.62. The molecule has 5 atom stereocenters. The highest BCUT2D eigenvalue weighted by Gasteiger charge is 2.49. The van der Waals surface area contributed by atoms with Crippen molar-refractivity contribution in [3.63, 3.8) is 0 Å². The van der Waals surface area contributed by atoms with Crippen molar-refractivity contribution in [1.82, 2.24) is 0 Å². The Morgan fingerprint density at radius 2 is 2.15 bits per heavy atom. The number of methoxy groups -OCH3 is 1. The quantitative estimate of drug-likeness (QED) is 0.457. The van der Waals surface area contributed by atoms with Gasteiger partial charge in [-0.15, -0.1) is 0 Å². The Bertz CT molecular complexity index is 479. The number of allylic oxidation sites excluding steroid dienone is 1. The molecule has 0 bridgehead atoms. The third kappa shape index (κ3) is 2.23. The molecule has 4 nitrogen and oxygen atoms in total. The van der Waals surface area contributed by atoms with Crippen LogP contribution in [0, 0.1) is 17.3 Å². The third-order valence-corrected chi connectivity index (χ3v) is 4.79. The van der Waals surface area contributed by atoms with Gasteiger partial charge in [0.15, 0.2) is 0 Å². The molecule has 0 heterocycles. The van der Waals surface area contributed by atoms with Gasteiger partial charge in [-0.2, -0.15) is 0 Å². The first kappa shape index (κ1) is 15.0. The minimum atomic E-state index is -0.785. The van der Waals surface area contributed by atoms with Crippen LogP contribution in [0.5, 0.6) is 0 Å². The number of rotatable bonds is 2. The number of aliphatic hydroxyl groups is 2. The fourth-order valence-electron chi connectivity index (χ4n) is 3.53. The highest BCUT2D eigenvalue weighted by Crippen LogP contribution is 2.51. The Morgan fingerprint density at radius 3 is 2.75 bits per heavy atom. The van der Waals surface area contributed by atoms with Gasteiger partial charge in [-0.3, -0.25) is 0 Å². The van der Waals surface area contributed by atoms with Crippen molar-refractivity contribution in [3.05, 3.63) is 36.5 Å². The van der Waals surface area contributed by atoms with E-state index in [9.17, 15) is 15.0 Å². The molecule has 20 heavy (non-hydrogen) atoms. The number of carbonyl (C=O) groups excluding carboxylic acids is 1.